The number of carboxylic acids is 1. The second-order valence-electron chi connectivity index (χ2n) is 10.7. The van der Waals surface area contributed by atoms with E-state index in [-0.39, 0.29) is 23.3 Å². The number of nitrogens with zero attached hydrogens (tertiary/aromatic N) is 2. The van der Waals surface area contributed by atoms with E-state index in [4.69, 9.17) is 9.84 Å². The largest absolute Gasteiger partial charge is 0.492 e. The van der Waals surface area contributed by atoms with Gasteiger partial charge in [-0.15, -0.1) is 0 Å². The lowest BCUT2D eigenvalue weighted by Gasteiger charge is -2.52. The molecule has 0 unspecified atom stereocenters. The zero-order valence-corrected chi connectivity index (χ0v) is 21.9. The highest BCUT2D eigenvalue weighted by molar-refractivity contribution is 6.00. The lowest BCUT2D eigenvalue weighted by Crippen LogP contribution is -2.75. The lowest BCUT2D eigenvalue weighted by molar-refractivity contribution is -0.166. The first-order valence-corrected chi connectivity index (χ1v) is 13.8. The van der Waals surface area contributed by atoms with Gasteiger partial charge in [-0.2, -0.15) is 0 Å². The number of hydrogen-bond donors (Lipinski definition) is 3. The van der Waals surface area contributed by atoms with Gasteiger partial charge in [0.2, 0.25) is 11.8 Å². The highest BCUT2D eigenvalue weighted by Crippen LogP contribution is 2.36. The normalized spacial score (nSPS) is 23.6. The number of aliphatic hydroxyl groups excluding tert-OH is 1. The second kappa shape index (κ2) is 12.3. The first-order chi connectivity index (χ1) is 17.9. The summed E-state index contributed by atoms with van der Waals surface area (Å²) < 4.78 is 5.78. The third-order valence-corrected chi connectivity index (χ3v) is 8.43. The van der Waals surface area contributed by atoms with Crippen molar-refractivity contribution < 1.29 is 29.3 Å². The standard InChI is InChI=1S/C28H41N3O6/c1-2-3-15-31-25(33)23(24(32)20-7-5-4-6-8-20)29-27(36)28(31)13-16-30(17-14-28)18-19-37-22-11-9-21(10-12-22)26(34)35/h9-12,20,23-24,32H,2-8,13-19H2,1H3,(H,29,36)(H,34,35)/t23-,24-/m1/s1. The Bertz CT molecular complexity index is 938. The zero-order chi connectivity index (χ0) is 26.4. The van der Waals surface area contributed by atoms with Crippen molar-refractivity contribution in [1.82, 2.24) is 15.1 Å². The van der Waals surface area contributed by atoms with Crippen molar-refractivity contribution in [3.05, 3.63) is 29.8 Å². The van der Waals surface area contributed by atoms with E-state index in [2.05, 4.69) is 17.1 Å². The van der Waals surface area contributed by atoms with Crippen molar-refractivity contribution in [2.24, 2.45) is 5.92 Å². The van der Waals surface area contributed by atoms with E-state index in [1.54, 1.807) is 17.0 Å². The molecule has 2 aliphatic heterocycles. The Kier molecular flexibility index (Phi) is 9.08. The fourth-order valence-electron chi connectivity index (χ4n) is 6.09. The average molecular weight is 516 g/mol. The van der Waals surface area contributed by atoms with Crippen LogP contribution < -0.4 is 10.1 Å². The van der Waals surface area contributed by atoms with Crippen LogP contribution in [0, 0.1) is 5.92 Å². The molecule has 0 aromatic heterocycles. The predicted octanol–water partition coefficient (Wildman–Crippen LogP) is 2.67. The summed E-state index contributed by atoms with van der Waals surface area (Å²) in [5.74, 6) is -0.552. The molecule has 1 aromatic rings. The van der Waals surface area contributed by atoms with Crippen molar-refractivity contribution in [3.8, 4) is 5.75 Å². The van der Waals surface area contributed by atoms with Crippen molar-refractivity contribution in [3.63, 3.8) is 0 Å². The maximum absolute atomic E-state index is 13.7. The molecule has 3 N–H and O–H groups in total. The topological polar surface area (TPSA) is 119 Å². The summed E-state index contributed by atoms with van der Waals surface area (Å²) in [5, 5.41) is 23.1. The molecule has 2 saturated heterocycles. The van der Waals surface area contributed by atoms with Crippen LogP contribution in [0.2, 0.25) is 0 Å². The van der Waals surface area contributed by atoms with Gasteiger partial charge in [-0.3, -0.25) is 14.5 Å². The number of aliphatic hydroxyl groups is 1. The number of likely N-dealkylation sites (tertiary alicyclic amines) is 1. The van der Waals surface area contributed by atoms with Gasteiger partial charge in [-0.25, -0.2) is 4.79 Å². The number of carbonyl (C=O) groups is 3. The molecule has 4 rings (SSSR count). The first-order valence-electron chi connectivity index (χ1n) is 13.8. The number of amides is 2. The van der Waals surface area contributed by atoms with Crippen LogP contribution in [0.4, 0.5) is 0 Å². The molecule has 2 heterocycles. The summed E-state index contributed by atoms with van der Waals surface area (Å²) >= 11 is 0. The van der Waals surface area contributed by atoms with Crippen molar-refractivity contribution in [1.29, 1.82) is 0 Å². The number of ether oxygens (including phenoxy) is 1. The molecule has 1 saturated carbocycles. The smallest absolute Gasteiger partial charge is 0.335 e. The van der Waals surface area contributed by atoms with Crippen molar-refractivity contribution >= 4 is 17.8 Å². The Hall–Kier alpha value is -2.65. The number of nitrogens with one attached hydrogen (secondary N) is 1. The Balaban J connectivity index is 1.35. The van der Waals surface area contributed by atoms with Crippen molar-refractivity contribution in [2.45, 2.75) is 82.4 Å². The van der Waals surface area contributed by atoms with Gasteiger partial charge in [0.05, 0.1) is 11.7 Å². The quantitative estimate of drug-likeness (QED) is 0.438. The van der Waals surface area contributed by atoms with E-state index in [1.165, 1.54) is 18.6 Å². The fraction of sp³-hybridized carbons (Fsp3) is 0.679. The molecule has 204 valence electrons. The Morgan fingerprint density at radius 1 is 1.11 bits per heavy atom. The van der Waals surface area contributed by atoms with Gasteiger partial charge in [-0.05, 0) is 62.3 Å². The molecule has 9 nitrogen and oxygen atoms in total. The van der Waals surface area contributed by atoms with E-state index in [0.717, 1.165) is 38.5 Å². The van der Waals surface area contributed by atoms with E-state index >= 15 is 0 Å². The Morgan fingerprint density at radius 3 is 2.41 bits per heavy atom. The Morgan fingerprint density at radius 2 is 1.78 bits per heavy atom. The van der Waals surface area contributed by atoms with Crippen LogP contribution >= 0.6 is 0 Å². The summed E-state index contributed by atoms with van der Waals surface area (Å²) in [7, 11) is 0. The summed E-state index contributed by atoms with van der Waals surface area (Å²) in [4.78, 5) is 42.3. The van der Waals surface area contributed by atoms with E-state index in [0.29, 0.717) is 51.4 Å². The van der Waals surface area contributed by atoms with Gasteiger partial charge < -0.3 is 25.2 Å². The molecule has 9 heteroatoms. The highest BCUT2D eigenvalue weighted by atomic mass is 16.5. The molecule has 3 fully saturated rings. The van der Waals surface area contributed by atoms with Crippen LogP contribution in [0.15, 0.2) is 24.3 Å². The fourth-order valence-corrected chi connectivity index (χ4v) is 6.09. The third kappa shape index (κ3) is 6.09. The molecule has 1 aliphatic carbocycles. The molecule has 2 amide bonds. The first kappa shape index (κ1) is 27.4. The van der Waals surface area contributed by atoms with Gasteiger partial charge >= 0.3 is 5.97 Å². The van der Waals surface area contributed by atoms with E-state index < -0.39 is 23.7 Å². The number of carbonyl (C=O) groups excluding carboxylic acids is 2. The maximum Gasteiger partial charge on any atom is 0.335 e. The minimum atomic E-state index is -0.971. The van der Waals surface area contributed by atoms with Gasteiger partial charge in [0.25, 0.3) is 0 Å². The molecule has 0 radical (unpaired) electrons. The van der Waals surface area contributed by atoms with Gasteiger partial charge in [0.15, 0.2) is 0 Å². The second-order valence-corrected chi connectivity index (χ2v) is 10.7. The zero-order valence-electron chi connectivity index (χ0n) is 21.9. The van der Waals surface area contributed by atoms with E-state index in [9.17, 15) is 19.5 Å². The number of unbranched alkanes of at least 4 members (excludes halogenated alkanes) is 1. The highest BCUT2D eigenvalue weighted by Gasteiger charge is 2.55. The van der Waals surface area contributed by atoms with Crippen LogP contribution in [-0.4, -0.2) is 88.3 Å². The van der Waals surface area contributed by atoms with Crippen LogP contribution in [0.25, 0.3) is 0 Å². The minimum absolute atomic E-state index is 0.0623. The maximum atomic E-state index is 13.7. The van der Waals surface area contributed by atoms with E-state index in [1.807, 2.05) is 0 Å². The monoisotopic (exact) mass is 515 g/mol. The molecule has 0 bridgehead atoms. The summed E-state index contributed by atoms with van der Waals surface area (Å²) in [6, 6.07) is 5.48. The SMILES string of the molecule is CCCCN1C(=O)[C@@H]([C@H](O)C2CCCCC2)NC(=O)C12CCN(CCOc1ccc(C(=O)O)cc1)CC2. The average Bonchev–Trinajstić information content (AvgIpc) is 2.92. The van der Waals surface area contributed by atoms with Gasteiger partial charge in [-0.1, -0.05) is 32.6 Å². The number of carboxylic acid groups (broad SMARTS) is 1. The number of benzene rings is 1. The number of hydrogen-bond acceptors (Lipinski definition) is 6. The number of piperazine rings is 1. The summed E-state index contributed by atoms with van der Waals surface area (Å²) in [6.07, 6.45) is 7.11. The molecular weight excluding hydrogens is 474 g/mol. The number of piperidine rings is 1. The molecule has 1 spiro atoms. The third-order valence-electron chi connectivity index (χ3n) is 8.43. The molecular formula is C28H41N3O6. The van der Waals surface area contributed by atoms with Crippen LogP contribution in [0.1, 0.15) is 75.1 Å². The minimum Gasteiger partial charge on any atom is -0.492 e. The van der Waals surface area contributed by atoms with Crippen LogP contribution in [-0.2, 0) is 9.59 Å². The van der Waals surface area contributed by atoms with Crippen LogP contribution in [0.5, 0.6) is 5.75 Å². The van der Waals surface area contributed by atoms with Gasteiger partial charge in [0, 0.05) is 26.2 Å². The number of aromatic carboxylic acids is 1. The molecule has 2 atom stereocenters. The number of rotatable bonds is 10. The summed E-state index contributed by atoms with van der Waals surface area (Å²) in [5.41, 5.74) is -0.644. The molecule has 1 aromatic carbocycles. The Labute approximate surface area is 219 Å². The van der Waals surface area contributed by atoms with Crippen molar-refractivity contribution in [2.75, 3.05) is 32.8 Å². The van der Waals surface area contributed by atoms with Crippen LogP contribution in [0.3, 0.4) is 0 Å². The summed E-state index contributed by atoms with van der Waals surface area (Å²) in [6.45, 7) is 5.06. The molecule has 37 heavy (non-hydrogen) atoms. The van der Waals surface area contributed by atoms with Gasteiger partial charge in [0.1, 0.15) is 23.9 Å². The predicted molar refractivity (Wildman–Crippen MR) is 138 cm³/mol. The lowest BCUT2D eigenvalue weighted by atomic mass is 9.78. The molecule has 3 aliphatic rings.